The molecule has 1 aromatic carbocycles. The standard InChI is InChI=1S/C17H15F2N7O4/c18-10-2-1-3-11(19)13(10)25-17(30)16(29)21-5-4-20-12(27)7-26-14-9(6-24-26)15(28)23-8-22-14/h1-3,6,8H,4-5,7H2,(H,20,27)(H,21,29)(H,25,30)(H,22,23,28). The molecule has 3 aromatic rings. The second-order valence-corrected chi connectivity index (χ2v) is 5.93. The van der Waals surface area contributed by atoms with Gasteiger partial charge in [0.2, 0.25) is 5.91 Å². The Morgan fingerprint density at radius 2 is 1.77 bits per heavy atom. The molecule has 0 bridgehead atoms. The number of aromatic nitrogens is 4. The summed E-state index contributed by atoms with van der Waals surface area (Å²) in [6.07, 6.45) is 2.47. The fourth-order valence-corrected chi connectivity index (χ4v) is 2.46. The van der Waals surface area contributed by atoms with Gasteiger partial charge < -0.3 is 20.9 Å². The van der Waals surface area contributed by atoms with Crippen molar-refractivity contribution in [1.29, 1.82) is 0 Å². The number of nitrogens with one attached hydrogen (secondary N) is 4. The van der Waals surface area contributed by atoms with Gasteiger partial charge in [0.1, 0.15) is 29.3 Å². The summed E-state index contributed by atoms with van der Waals surface area (Å²) in [5, 5.41) is 10.7. The summed E-state index contributed by atoms with van der Waals surface area (Å²) in [5.41, 5.74) is -0.882. The molecular formula is C17H15F2N7O4. The van der Waals surface area contributed by atoms with Crippen LogP contribution in [0, 0.1) is 11.6 Å². The lowest BCUT2D eigenvalue weighted by atomic mass is 10.3. The van der Waals surface area contributed by atoms with Crippen molar-refractivity contribution in [1.82, 2.24) is 30.4 Å². The van der Waals surface area contributed by atoms with Gasteiger partial charge in [-0.15, -0.1) is 0 Å². The molecule has 0 atom stereocenters. The van der Waals surface area contributed by atoms with Gasteiger partial charge in [0, 0.05) is 13.1 Å². The molecule has 3 rings (SSSR count). The zero-order valence-electron chi connectivity index (χ0n) is 15.2. The molecule has 0 aliphatic heterocycles. The summed E-state index contributed by atoms with van der Waals surface area (Å²) in [4.78, 5) is 53.3. The number of benzene rings is 1. The fourth-order valence-electron chi connectivity index (χ4n) is 2.46. The second kappa shape index (κ2) is 8.89. The van der Waals surface area contributed by atoms with E-state index in [0.29, 0.717) is 0 Å². The van der Waals surface area contributed by atoms with Crippen LogP contribution in [0.15, 0.2) is 35.5 Å². The Kier molecular flexibility index (Phi) is 6.10. The lowest BCUT2D eigenvalue weighted by Crippen LogP contribution is -2.41. The molecule has 0 unspecified atom stereocenters. The van der Waals surface area contributed by atoms with Crippen molar-refractivity contribution in [2.75, 3.05) is 18.4 Å². The van der Waals surface area contributed by atoms with Crippen LogP contribution in [-0.4, -0.2) is 50.6 Å². The van der Waals surface area contributed by atoms with Crippen LogP contribution >= 0.6 is 0 Å². The smallest absolute Gasteiger partial charge is 0.313 e. The number of carbonyl (C=O) groups is 3. The molecule has 0 saturated carbocycles. The van der Waals surface area contributed by atoms with Crippen LogP contribution in [0.3, 0.4) is 0 Å². The Morgan fingerprint density at radius 3 is 2.50 bits per heavy atom. The maximum atomic E-state index is 13.5. The van der Waals surface area contributed by atoms with E-state index in [0.717, 1.165) is 18.2 Å². The van der Waals surface area contributed by atoms with Crippen molar-refractivity contribution in [2.45, 2.75) is 6.54 Å². The van der Waals surface area contributed by atoms with Crippen molar-refractivity contribution in [3.63, 3.8) is 0 Å². The monoisotopic (exact) mass is 419 g/mol. The van der Waals surface area contributed by atoms with Crippen LogP contribution in [0.2, 0.25) is 0 Å². The number of carbonyl (C=O) groups excluding carboxylic acids is 3. The molecule has 11 nitrogen and oxygen atoms in total. The lowest BCUT2D eigenvalue weighted by molar-refractivity contribution is -0.136. The topological polar surface area (TPSA) is 151 Å². The first kappa shape index (κ1) is 20.6. The Labute approximate surface area is 166 Å². The maximum absolute atomic E-state index is 13.5. The molecule has 0 spiro atoms. The molecule has 0 radical (unpaired) electrons. The highest BCUT2D eigenvalue weighted by Gasteiger charge is 2.18. The zero-order chi connectivity index (χ0) is 21.7. The van der Waals surface area contributed by atoms with Crippen LogP contribution in [-0.2, 0) is 20.9 Å². The summed E-state index contributed by atoms with van der Waals surface area (Å²) in [5.74, 6) is -4.91. The number of aromatic amines is 1. The Hall–Kier alpha value is -4.16. The quantitative estimate of drug-likeness (QED) is 0.306. The number of hydrogen-bond acceptors (Lipinski definition) is 6. The molecule has 30 heavy (non-hydrogen) atoms. The van der Waals surface area contributed by atoms with E-state index in [1.54, 1.807) is 0 Å². The van der Waals surface area contributed by atoms with E-state index >= 15 is 0 Å². The number of amides is 3. The number of fused-ring (bicyclic) bond motifs is 1. The van der Waals surface area contributed by atoms with Crippen molar-refractivity contribution in [3.8, 4) is 0 Å². The van der Waals surface area contributed by atoms with Gasteiger partial charge in [0.05, 0.1) is 12.5 Å². The van der Waals surface area contributed by atoms with Crippen LogP contribution in [0.5, 0.6) is 0 Å². The maximum Gasteiger partial charge on any atom is 0.313 e. The third kappa shape index (κ3) is 4.63. The van der Waals surface area contributed by atoms with Crippen LogP contribution in [0.4, 0.5) is 14.5 Å². The van der Waals surface area contributed by atoms with Gasteiger partial charge in [-0.05, 0) is 12.1 Å². The second-order valence-electron chi connectivity index (χ2n) is 5.93. The minimum Gasteiger partial charge on any atom is -0.353 e. The van der Waals surface area contributed by atoms with Crippen LogP contribution < -0.4 is 21.5 Å². The van der Waals surface area contributed by atoms with E-state index in [-0.39, 0.29) is 36.2 Å². The van der Waals surface area contributed by atoms with E-state index in [9.17, 15) is 28.0 Å². The van der Waals surface area contributed by atoms with Crippen molar-refractivity contribution < 1.29 is 23.2 Å². The van der Waals surface area contributed by atoms with Gasteiger partial charge in [-0.2, -0.15) is 5.10 Å². The largest absolute Gasteiger partial charge is 0.353 e. The van der Waals surface area contributed by atoms with Crippen LogP contribution in [0.1, 0.15) is 0 Å². The van der Waals surface area contributed by atoms with E-state index in [2.05, 4.69) is 25.7 Å². The molecule has 156 valence electrons. The van der Waals surface area contributed by atoms with Gasteiger partial charge >= 0.3 is 11.8 Å². The number of nitrogens with zero attached hydrogens (tertiary/aromatic N) is 3. The Bertz CT molecular complexity index is 1150. The predicted octanol–water partition coefficient (Wildman–Crippen LogP) is -0.731. The van der Waals surface area contributed by atoms with Gasteiger partial charge in [-0.3, -0.25) is 19.2 Å². The number of halogens is 2. The molecular weight excluding hydrogens is 404 g/mol. The average Bonchev–Trinajstić information content (AvgIpc) is 3.12. The number of anilines is 1. The number of H-pyrrole nitrogens is 1. The summed E-state index contributed by atoms with van der Waals surface area (Å²) in [6.45, 7) is -0.365. The summed E-state index contributed by atoms with van der Waals surface area (Å²) >= 11 is 0. The summed E-state index contributed by atoms with van der Waals surface area (Å²) in [7, 11) is 0. The van der Waals surface area contributed by atoms with Crippen molar-refractivity contribution in [2.24, 2.45) is 0 Å². The minimum absolute atomic E-state index is 0.0286. The van der Waals surface area contributed by atoms with E-state index in [4.69, 9.17) is 0 Å². The fraction of sp³-hybridized carbons (Fsp3) is 0.176. The molecule has 0 aliphatic rings. The van der Waals surface area contributed by atoms with E-state index in [1.165, 1.54) is 17.2 Å². The molecule has 0 aliphatic carbocycles. The van der Waals surface area contributed by atoms with E-state index < -0.39 is 35.0 Å². The SMILES string of the molecule is O=C(Cn1ncc2c(=O)[nH]cnc21)NCCNC(=O)C(=O)Nc1c(F)cccc1F. The summed E-state index contributed by atoms with van der Waals surface area (Å²) in [6, 6.07) is 2.98. The molecule has 0 fully saturated rings. The highest BCUT2D eigenvalue weighted by molar-refractivity contribution is 6.39. The Morgan fingerprint density at radius 1 is 1.07 bits per heavy atom. The van der Waals surface area contributed by atoms with Gasteiger partial charge in [0.15, 0.2) is 5.65 Å². The highest BCUT2D eigenvalue weighted by atomic mass is 19.1. The molecule has 4 N–H and O–H groups in total. The number of rotatable bonds is 6. The van der Waals surface area contributed by atoms with Crippen molar-refractivity contribution >= 4 is 34.4 Å². The molecule has 0 saturated heterocycles. The molecule has 2 heterocycles. The third-order valence-corrected chi connectivity index (χ3v) is 3.87. The highest BCUT2D eigenvalue weighted by Crippen LogP contribution is 2.17. The predicted molar refractivity (Wildman–Crippen MR) is 99.2 cm³/mol. The van der Waals surface area contributed by atoms with Gasteiger partial charge in [-0.25, -0.2) is 18.4 Å². The number of para-hydroxylation sites is 1. The van der Waals surface area contributed by atoms with Gasteiger partial charge in [-0.1, -0.05) is 6.07 Å². The zero-order valence-corrected chi connectivity index (χ0v) is 15.2. The normalized spacial score (nSPS) is 10.6. The lowest BCUT2D eigenvalue weighted by Gasteiger charge is -2.09. The molecule has 13 heteroatoms. The first-order valence-corrected chi connectivity index (χ1v) is 8.56. The van der Waals surface area contributed by atoms with Crippen molar-refractivity contribution in [3.05, 3.63) is 52.7 Å². The third-order valence-electron chi connectivity index (χ3n) is 3.87. The minimum atomic E-state index is -1.26. The number of hydrogen-bond donors (Lipinski definition) is 4. The molecule has 3 amide bonds. The molecule has 2 aromatic heterocycles. The summed E-state index contributed by atoms with van der Waals surface area (Å²) < 4.78 is 28.2. The average molecular weight is 419 g/mol. The van der Waals surface area contributed by atoms with E-state index in [1.807, 2.05) is 5.32 Å². The first-order valence-electron chi connectivity index (χ1n) is 8.56. The Balaban J connectivity index is 1.44. The van der Waals surface area contributed by atoms with Crippen LogP contribution in [0.25, 0.3) is 11.0 Å². The first-order chi connectivity index (χ1) is 14.4. The van der Waals surface area contributed by atoms with Gasteiger partial charge in [0.25, 0.3) is 5.56 Å².